The second-order valence-electron chi connectivity index (χ2n) is 6.87. The summed E-state index contributed by atoms with van der Waals surface area (Å²) in [6.07, 6.45) is 2.52. The van der Waals surface area contributed by atoms with Crippen LogP contribution in [0.25, 0.3) is 0 Å². The van der Waals surface area contributed by atoms with Crippen molar-refractivity contribution in [2.24, 2.45) is 5.92 Å². The molecule has 1 saturated carbocycles. The molecule has 0 atom stereocenters. The normalized spacial score (nSPS) is 18.0. The number of amides is 2. The number of carbonyl (C=O) groups is 3. The molecule has 1 heterocycles. The molecule has 0 aromatic heterocycles. The molecule has 2 fully saturated rings. The van der Waals surface area contributed by atoms with Crippen molar-refractivity contribution in [2.45, 2.75) is 26.2 Å². The molecule has 25 heavy (non-hydrogen) atoms. The molecule has 3 rings (SSSR count). The van der Waals surface area contributed by atoms with Gasteiger partial charge >= 0.3 is 0 Å². The van der Waals surface area contributed by atoms with Gasteiger partial charge in [0.05, 0.1) is 0 Å². The molecular formula is C19H25N3O3. The minimum absolute atomic E-state index is 0.0113. The molecule has 0 spiro atoms. The predicted octanol–water partition coefficient (Wildman–Crippen LogP) is 1.77. The number of hydrogen-bond acceptors (Lipinski definition) is 4. The van der Waals surface area contributed by atoms with Crippen molar-refractivity contribution in [3.8, 4) is 0 Å². The fourth-order valence-corrected chi connectivity index (χ4v) is 3.05. The number of carbonyl (C=O) groups excluding carboxylic acids is 3. The van der Waals surface area contributed by atoms with E-state index < -0.39 is 0 Å². The van der Waals surface area contributed by atoms with Gasteiger partial charge in [0.25, 0.3) is 0 Å². The second-order valence-corrected chi connectivity index (χ2v) is 6.87. The van der Waals surface area contributed by atoms with E-state index in [0.717, 1.165) is 39.0 Å². The summed E-state index contributed by atoms with van der Waals surface area (Å²) in [5.74, 6) is 0.572. The Morgan fingerprint density at radius 1 is 1.04 bits per heavy atom. The average Bonchev–Trinajstić information content (AvgIpc) is 3.45. The van der Waals surface area contributed by atoms with E-state index in [1.807, 2.05) is 4.90 Å². The zero-order valence-corrected chi connectivity index (χ0v) is 14.7. The number of nitrogens with one attached hydrogen (secondary N) is 1. The highest BCUT2D eigenvalue weighted by Gasteiger charge is 2.34. The number of rotatable bonds is 6. The van der Waals surface area contributed by atoms with Crippen LogP contribution < -0.4 is 5.32 Å². The Hall–Kier alpha value is -2.21. The lowest BCUT2D eigenvalue weighted by atomic mass is 10.1. The molecular weight excluding hydrogens is 318 g/mol. The van der Waals surface area contributed by atoms with Crippen molar-refractivity contribution < 1.29 is 14.4 Å². The first-order valence-electron chi connectivity index (χ1n) is 8.95. The molecule has 0 radical (unpaired) electrons. The highest BCUT2D eigenvalue weighted by Crippen LogP contribution is 2.31. The molecule has 2 aliphatic rings. The van der Waals surface area contributed by atoms with E-state index in [0.29, 0.717) is 30.1 Å². The van der Waals surface area contributed by atoms with Gasteiger partial charge in [0, 0.05) is 56.3 Å². The number of piperazine rings is 1. The minimum Gasteiger partial charge on any atom is -0.340 e. The number of Topliss-reactive ketones (excluding diaryl/α,β-unsaturated/α-hetero) is 1. The first kappa shape index (κ1) is 17.6. The van der Waals surface area contributed by atoms with Gasteiger partial charge in [-0.3, -0.25) is 19.3 Å². The van der Waals surface area contributed by atoms with Crippen molar-refractivity contribution >= 4 is 23.3 Å². The quantitative estimate of drug-likeness (QED) is 0.799. The van der Waals surface area contributed by atoms with Gasteiger partial charge in [-0.15, -0.1) is 0 Å². The molecule has 1 aliphatic carbocycles. The fraction of sp³-hybridized carbons (Fsp3) is 0.526. The Bertz CT molecular complexity index is 644. The molecule has 2 amide bonds. The van der Waals surface area contributed by atoms with E-state index >= 15 is 0 Å². The summed E-state index contributed by atoms with van der Waals surface area (Å²) in [7, 11) is 0. The third-order valence-corrected chi connectivity index (χ3v) is 4.84. The summed E-state index contributed by atoms with van der Waals surface area (Å²) >= 11 is 0. The molecule has 0 bridgehead atoms. The maximum Gasteiger partial charge on any atom is 0.225 e. The van der Waals surface area contributed by atoms with Gasteiger partial charge < -0.3 is 10.2 Å². The van der Waals surface area contributed by atoms with Crippen LogP contribution in [-0.4, -0.2) is 60.1 Å². The molecule has 1 aliphatic heterocycles. The first-order valence-corrected chi connectivity index (χ1v) is 8.95. The van der Waals surface area contributed by atoms with Gasteiger partial charge in [0.15, 0.2) is 5.78 Å². The lowest BCUT2D eigenvalue weighted by Gasteiger charge is -2.34. The molecule has 0 unspecified atom stereocenters. The lowest BCUT2D eigenvalue weighted by Crippen LogP contribution is -2.49. The van der Waals surface area contributed by atoms with E-state index in [1.54, 1.807) is 24.3 Å². The molecule has 1 N–H and O–H groups in total. The Balaban J connectivity index is 1.37. The Labute approximate surface area is 148 Å². The number of benzene rings is 1. The summed E-state index contributed by atoms with van der Waals surface area (Å²) in [6, 6.07) is 6.93. The second kappa shape index (κ2) is 7.78. The van der Waals surface area contributed by atoms with Gasteiger partial charge in [-0.1, -0.05) is 0 Å². The van der Waals surface area contributed by atoms with Crippen molar-refractivity contribution in [1.82, 2.24) is 9.80 Å². The van der Waals surface area contributed by atoms with E-state index in [1.165, 1.54) is 6.92 Å². The van der Waals surface area contributed by atoms with Crippen molar-refractivity contribution in [3.63, 3.8) is 0 Å². The third-order valence-electron chi connectivity index (χ3n) is 4.84. The fourth-order valence-electron chi connectivity index (χ4n) is 3.05. The van der Waals surface area contributed by atoms with Crippen molar-refractivity contribution in [2.75, 3.05) is 38.0 Å². The van der Waals surface area contributed by atoms with Gasteiger partial charge in [-0.05, 0) is 44.0 Å². The summed E-state index contributed by atoms with van der Waals surface area (Å²) in [5.41, 5.74) is 1.34. The maximum atomic E-state index is 12.1. The molecule has 1 saturated heterocycles. The summed E-state index contributed by atoms with van der Waals surface area (Å²) in [4.78, 5) is 39.5. The topological polar surface area (TPSA) is 69.7 Å². The van der Waals surface area contributed by atoms with Crippen LogP contribution in [0.3, 0.4) is 0 Å². The van der Waals surface area contributed by atoms with Crippen LogP contribution in [0.15, 0.2) is 24.3 Å². The molecule has 1 aromatic rings. The maximum absolute atomic E-state index is 12.1. The lowest BCUT2D eigenvalue weighted by molar-refractivity contribution is -0.134. The number of hydrogen-bond donors (Lipinski definition) is 1. The third kappa shape index (κ3) is 4.89. The molecule has 6 heteroatoms. The molecule has 6 nitrogen and oxygen atoms in total. The largest absolute Gasteiger partial charge is 0.340 e. The summed E-state index contributed by atoms with van der Waals surface area (Å²) < 4.78 is 0. The Morgan fingerprint density at radius 2 is 1.68 bits per heavy atom. The zero-order valence-electron chi connectivity index (χ0n) is 14.7. The summed E-state index contributed by atoms with van der Waals surface area (Å²) in [5, 5.41) is 2.86. The average molecular weight is 343 g/mol. The number of nitrogens with zero attached hydrogens (tertiary/aromatic N) is 2. The Morgan fingerprint density at radius 3 is 2.24 bits per heavy atom. The van der Waals surface area contributed by atoms with Gasteiger partial charge in [0.1, 0.15) is 0 Å². The monoisotopic (exact) mass is 343 g/mol. The van der Waals surface area contributed by atoms with Crippen LogP contribution in [0, 0.1) is 5.92 Å². The predicted molar refractivity (Wildman–Crippen MR) is 95.4 cm³/mol. The standard InChI is InChI=1S/C19H25N3O3/c1-14(23)15-4-6-17(7-5-15)20-18(24)8-9-21-10-12-22(13-11-21)19(25)16-2-3-16/h4-7,16H,2-3,8-13H2,1H3,(H,20,24). The molecule has 134 valence electrons. The minimum atomic E-state index is -0.0351. The van der Waals surface area contributed by atoms with Crippen LogP contribution in [0.1, 0.15) is 36.5 Å². The number of anilines is 1. The van der Waals surface area contributed by atoms with Crippen LogP contribution in [0.5, 0.6) is 0 Å². The zero-order chi connectivity index (χ0) is 17.8. The van der Waals surface area contributed by atoms with Gasteiger partial charge in [-0.25, -0.2) is 0 Å². The smallest absolute Gasteiger partial charge is 0.225 e. The molecule has 1 aromatic carbocycles. The number of ketones is 1. The Kier molecular flexibility index (Phi) is 5.48. The van der Waals surface area contributed by atoms with Crippen LogP contribution in [-0.2, 0) is 9.59 Å². The first-order chi connectivity index (χ1) is 12.0. The van der Waals surface area contributed by atoms with Crippen LogP contribution in [0.2, 0.25) is 0 Å². The highest BCUT2D eigenvalue weighted by molar-refractivity contribution is 5.95. The highest BCUT2D eigenvalue weighted by atomic mass is 16.2. The van der Waals surface area contributed by atoms with E-state index in [-0.39, 0.29) is 17.6 Å². The van der Waals surface area contributed by atoms with Gasteiger partial charge in [-0.2, -0.15) is 0 Å². The van der Waals surface area contributed by atoms with Crippen molar-refractivity contribution in [1.29, 1.82) is 0 Å². The SMILES string of the molecule is CC(=O)c1ccc(NC(=O)CCN2CCN(C(=O)C3CC3)CC2)cc1. The van der Waals surface area contributed by atoms with E-state index in [2.05, 4.69) is 10.2 Å². The van der Waals surface area contributed by atoms with Crippen molar-refractivity contribution in [3.05, 3.63) is 29.8 Å². The van der Waals surface area contributed by atoms with Crippen LogP contribution in [0.4, 0.5) is 5.69 Å². The summed E-state index contributed by atoms with van der Waals surface area (Å²) in [6.45, 7) is 5.42. The van der Waals surface area contributed by atoms with Crippen LogP contribution >= 0.6 is 0 Å². The van der Waals surface area contributed by atoms with E-state index in [4.69, 9.17) is 0 Å². The van der Waals surface area contributed by atoms with Gasteiger partial charge in [0.2, 0.25) is 11.8 Å². The van der Waals surface area contributed by atoms with E-state index in [9.17, 15) is 14.4 Å².